The van der Waals surface area contributed by atoms with E-state index < -0.39 is 5.91 Å². The molecule has 0 aromatic heterocycles. The molecular weight excluding hydrogens is 367 g/mol. The number of ether oxygens (including phenoxy) is 2. The van der Waals surface area contributed by atoms with Crippen molar-refractivity contribution in [2.75, 3.05) is 13.7 Å². The predicted octanol–water partition coefficient (Wildman–Crippen LogP) is 3.13. The van der Waals surface area contributed by atoms with Gasteiger partial charge in [0.2, 0.25) is 0 Å². The molecule has 5 nitrogen and oxygen atoms in total. The number of hydrogen-bond donors (Lipinski definition) is 1. The highest BCUT2D eigenvalue weighted by atomic mass is 79.9. The van der Waals surface area contributed by atoms with Crippen LogP contribution < -0.4 is 14.9 Å². The van der Waals surface area contributed by atoms with Crippen LogP contribution in [0.5, 0.6) is 11.5 Å². The molecule has 2 aromatic rings. The fourth-order valence-corrected chi connectivity index (χ4v) is 2.00. The molecule has 0 aliphatic rings. The summed E-state index contributed by atoms with van der Waals surface area (Å²) in [5, 5.41) is 3.77. The van der Waals surface area contributed by atoms with Gasteiger partial charge in [0.1, 0.15) is 5.82 Å². The Kier molecular flexibility index (Phi) is 6.10. The molecule has 1 amide bonds. The van der Waals surface area contributed by atoms with Crippen LogP contribution in [-0.4, -0.2) is 25.8 Å². The zero-order chi connectivity index (χ0) is 16.7. The van der Waals surface area contributed by atoms with Crippen molar-refractivity contribution in [3.63, 3.8) is 0 Å². The summed E-state index contributed by atoms with van der Waals surface area (Å²) in [5.41, 5.74) is 3.00. The fourth-order valence-electron chi connectivity index (χ4n) is 1.66. The van der Waals surface area contributed by atoms with Crippen molar-refractivity contribution in [2.45, 2.75) is 0 Å². The van der Waals surface area contributed by atoms with E-state index in [-0.39, 0.29) is 12.4 Å². The summed E-state index contributed by atoms with van der Waals surface area (Å²) < 4.78 is 24.1. The van der Waals surface area contributed by atoms with Crippen molar-refractivity contribution in [3.05, 3.63) is 58.3 Å². The molecule has 1 N–H and O–H groups in total. The normalized spacial score (nSPS) is 10.6. The first-order valence-corrected chi connectivity index (χ1v) is 7.41. The van der Waals surface area contributed by atoms with E-state index in [1.165, 1.54) is 25.5 Å². The average molecular weight is 381 g/mol. The topological polar surface area (TPSA) is 59.9 Å². The predicted molar refractivity (Wildman–Crippen MR) is 88.3 cm³/mol. The third-order valence-electron chi connectivity index (χ3n) is 2.76. The second kappa shape index (κ2) is 8.28. The molecule has 120 valence electrons. The highest BCUT2D eigenvalue weighted by molar-refractivity contribution is 9.10. The van der Waals surface area contributed by atoms with Crippen LogP contribution in [0.2, 0.25) is 0 Å². The molecule has 0 aliphatic carbocycles. The molecule has 0 saturated carbocycles. The number of carbonyl (C=O) groups excluding carboxylic acids is 1. The molecule has 2 aromatic carbocycles. The van der Waals surface area contributed by atoms with E-state index in [1.54, 1.807) is 30.3 Å². The SMILES string of the molecule is COc1cc(Br)ccc1OCC(=O)NN=Cc1ccc(F)cc1. The Labute approximate surface area is 141 Å². The van der Waals surface area contributed by atoms with Gasteiger partial charge in [-0.3, -0.25) is 4.79 Å². The van der Waals surface area contributed by atoms with Crippen LogP contribution >= 0.6 is 15.9 Å². The lowest BCUT2D eigenvalue weighted by atomic mass is 10.2. The fraction of sp³-hybridized carbons (Fsp3) is 0.125. The molecule has 23 heavy (non-hydrogen) atoms. The summed E-state index contributed by atoms with van der Waals surface area (Å²) in [6.45, 7) is -0.210. The van der Waals surface area contributed by atoms with Gasteiger partial charge in [0.15, 0.2) is 18.1 Å². The van der Waals surface area contributed by atoms with E-state index in [0.29, 0.717) is 17.1 Å². The van der Waals surface area contributed by atoms with E-state index in [9.17, 15) is 9.18 Å². The monoisotopic (exact) mass is 380 g/mol. The number of nitrogens with one attached hydrogen (secondary N) is 1. The number of amides is 1. The summed E-state index contributed by atoms with van der Waals surface area (Å²) in [4.78, 5) is 11.7. The number of carbonyl (C=O) groups is 1. The first-order valence-electron chi connectivity index (χ1n) is 6.62. The number of methoxy groups -OCH3 is 1. The van der Waals surface area contributed by atoms with Crippen molar-refractivity contribution in [2.24, 2.45) is 5.10 Å². The molecule has 0 radical (unpaired) electrons. The van der Waals surface area contributed by atoms with E-state index in [1.807, 2.05) is 0 Å². The number of rotatable bonds is 6. The molecule has 7 heteroatoms. The van der Waals surface area contributed by atoms with Gasteiger partial charge in [-0.1, -0.05) is 28.1 Å². The minimum atomic E-state index is -0.423. The number of benzene rings is 2. The highest BCUT2D eigenvalue weighted by Gasteiger charge is 2.07. The molecule has 0 bridgehead atoms. The quantitative estimate of drug-likeness (QED) is 0.618. The minimum Gasteiger partial charge on any atom is -0.493 e. The molecule has 0 atom stereocenters. The van der Waals surface area contributed by atoms with E-state index in [2.05, 4.69) is 26.5 Å². The van der Waals surface area contributed by atoms with Gasteiger partial charge in [-0.05, 0) is 35.9 Å². The van der Waals surface area contributed by atoms with Crippen molar-refractivity contribution in [1.82, 2.24) is 5.43 Å². The second-order valence-electron chi connectivity index (χ2n) is 4.43. The zero-order valence-corrected chi connectivity index (χ0v) is 13.8. The summed E-state index contributed by atoms with van der Waals surface area (Å²) in [7, 11) is 1.52. The second-order valence-corrected chi connectivity index (χ2v) is 5.34. The Morgan fingerprint density at radius 3 is 2.70 bits per heavy atom. The van der Waals surface area contributed by atoms with Crippen molar-refractivity contribution in [3.8, 4) is 11.5 Å². The van der Waals surface area contributed by atoms with E-state index >= 15 is 0 Å². The highest BCUT2D eigenvalue weighted by Crippen LogP contribution is 2.29. The first-order chi connectivity index (χ1) is 11.1. The van der Waals surface area contributed by atoms with Crippen LogP contribution in [0.4, 0.5) is 4.39 Å². The number of nitrogens with zero attached hydrogens (tertiary/aromatic N) is 1. The lowest BCUT2D eigenvalue weighted by Gasteiger charge is -2.10. The van der Waals surface area contributed by atoms with Crippen molar-refractivity contribution < 1.29 is 18.7 Å². The maximum absolute atomic E-state index is 12.7. The average Bonchev–Trinajstić information content (AvgIpc) is 2.55. The third kappa shape index (κ3) is 5.37. The number of hydrogen-bond acceptors (Lipinski definition) is 4. The summed E-state index contributed by atoms with van der Waals surface area (Å²) in [5.74, 6) is 0.215. The van der Waals surface area contributed by atoms with Gasteiger partial charge < -0.3 is 9.47 Å². The lowest BCUT2D eigenvalue weighted by Crippen LogP contribution is -2.24. The standard InChI is InChI=1S/C16H14BrFN2O3/c1-22-15-8-12(17)4-7-14(15)23-10-16(21)20-19-9-11-2-5-13(18)6-3-11/h2-9H,10H2,1H3,(H,20,21). The van der Waals surface area contributed by atoms with E-state index in [4.69, 9.17) is 9.47 Å². The molecule has 0 saturated heterocycles. The maximum atomic E-state index is 12.7. The van der Waals surface area contributed by atoms with Crippen LogP contribution in [-0.2, 0) is 4.79 Å². The van der Waals surface area contributed by atoms with Crippen molar-refractivity contribution >= 4 is 28.1 Å². The van der Waals surface area contributed by atoms with Crippen LogP contribution in [0.15, 0.2) is 52.0 Å². The van der Waals surface area contributed by atoms with Gasteiger partial charge in [0, 0.05) is 4.47 Å². The lowest BCUT2D eigenvalue weighted by molar-refractivity contribution is -0.123. The zero-order valence-electron chi connectivity index (χ0n) is 12.3. The number of halogens is 2. The Balaban J connectivity index is 1.84. The van der Waals surface area contributed by atoms with Crippen LogP contribution in [0.25, 0.3) is 0 Å². The third-order valence-corrected chi connectivity index (χ3v) is 3.25. The van der Waals surface area contributed by atoms with Gasteiger partial charge >= 0.3 is 0 Å². The summed E-state index contributed by atoms with van der Waals surface area (Å²) >= 11 is 3.32. The van der Waals surface area contributed by atoms with Crippen LogP contribution in [0.1, 0.15) is 5.56 Å². The summed E-state index contributed by atoms with van der Waals surface area (Å²) in [6.07, 6.45) is 1.41. The number of hydrazone groups is 1. The Bertz CT molecular complexity index is 705. The molecule has 0 aliphatic heterocycles. The Morgan fingerprint density at radius 1 is 1.26 bits per heavy atom. The Hall–Kier alpha value is -2.41. The van der Waals surface area contributed by atoms with Gasteiger partial charge in [0.25, 0.3) is 5.91 Å². The molecule has 0 heterocycles. The van der Waals surface area contributed by atoms with Crippen molar-refractivity contribution in [1.29, 1.82) is 0 Å². The smallest absolute Gasteiger partial charge is 0.277 e. The van der Waals surface area contributed by atoms with Gasteiger partial charge in [0.05, 0.1) is 13.3 Å². The molecule has 0 spiro atoms. The largest absolute Gasteiger partial charge is 0.493 e. The van der Waals surface area contributed by atoms with Gasteiger partial charge in [-0.25, -0.2) is 9.82 Å². The molecular formula is C16H14BrFN2O3. The first kappa shape index (κ1) is 17.0. The molecule has 2 rings (SSSR count). The minimum absolute atomic E-state index is 0.210. The van der Waals surface area contributed by atoms with Gasteiger partial charge in [-0.2, -0.15) is 5.10 Å². The Morgan fingerprint density at radius 2 is 2.00 bits per heavy atom. The summed E-state index contributed by atoms with van der Waals surface area (Å²) in [6, 6.07) is 10.9. The molecule has 0 fully saturated rings. The molecule has 0 unspecified atom stereocenters. The van der Waals surface area contributed by atoms with Crippen LogP contribution in [0.3, 0.4) is 0 Å². The van der Waals surface area contributed by atoms with Gasteiger partial charge in [-0.15, -0.1) is 0 Å². The maximum Gasteiger partial charge on any atom is 0.277 e. The van der Waals surface area contributed by atoms with E-state index in [0.717, 1.165) is 4.47 Å². The van der Waals surface area contributed by atoms with Crippen LogP contribution in [0, 0.1) is 5.82 Å².